The maximum atomic E-state index is 11.5. The SMILES string of the molecule is CC(=O)O[C@H]1CC[C@]2(C)C3=CC[C@]4(C)[C@@H]([C@H](C)CC[C@H](C)C(C)C)CC[C@H]4[C@@H]3CC[C@H]2C1. The minimum Gasteiger partial charge on any atom is -0.463 e. The molecule has 182 valence electrons. The van der Waals surface area contributed by atoms with Crippen LogP contribution in [0.2, 0.25) is 0 Å². The molecular weight excluding hydrogens is 392 g/mol. The van der Waals surface area contributed by atoms with E-state index < -0.39 is 0 Å². The number of carbonyl (C=O) groups is 1. The summed E-state index contributed by atoms with van der Waals surface area (Å²) >= 11 is 0. The summed E-state index contributed by atoms with van der Waals surface area (Å²) < 4.78 is 5.64. The lowest BCUT2D eigenvalue weighted by Gasteiger charge is -2.57. The van der Waals surface area contributed by atoms with Crippen molar-refractivity contribution in [1.82, 2.24) is 0 Å². The van der Waals surface area contributed by atoms with Crippen molar-refractivity contribution in [2.75, 3.05) is 0 Å². The quantitative estimate of drug-likeness (QED) is 0.306. The van der Waals surface area contributed by atoms with Gasteiger partial charge in [-0.15, -0.1) is 0 Å². The molecule has 3 fully saturated rings. The molecule has 0 saturated heterocycles. The van der Waals surface area contributed by atoms with Gasteiger partial charge in [-0.3, -0.25) is 4.79 Å². The van der Waals surface area contributed by atoms with Crippen molar-refractivity contribution < 1.29 is 9.53 Å². The van der Waals surface area contributed by atoms with Gasteiger partial charge in [-0.05, 0) is 104 Å². The van der Waals surface area contributed by atoms with E-state index in [1.54, 1.807) is 6.92 Å². The highest BCUT2D eigenvalue weighted by Gasteiger charge is 2.57. The number of esters is 1. The normalized spacial score (nSPS) is 43.0. The lowest BCUT2D eigenvalue weighted by atomic mass is 9.48. The molecule has 0 unspecified atom stereocenters. The Labute approximate surface area is 198 Å². The van der Waals surface area contributed by atoms with Gasteiger partial charge in [0.15, 0.2) is 0 Å². The van der Waals surface area contributed by atoms with Gasteiger partial charge in [-0.2, -0.15) is 0 Å². The number of hydrogen-bond acceptors (Lipinski definition) is 2. The molecule has 4 aliphatic carbocycles. The number of hydrogen-bond donors (Lipinski definition) is 0. The fourth-order valence-corrected chi connectivity index (χ4v) is 8.86. The summed E-state index contributed by atoms with van der Waals surface area (Å²) in [6.07, 6.45) is 15.9. The van der Waals surface area contributed by atoms with Crippen LogP contribution in [0, 0.1) is 52.3 Å². The minimum absolute atomic E-state index is 0.103. The Bertz CT molecular complexity index is 722. The Kier molecular flexibility index (Phi) is 6.92. The van der Waals surface area contributed by atoms with Gasteiger partial charge in [0.05, 0.1) is 0 Å². The minimum atomic E-state index is -0.103. The zero-order chi connectivity index (χ0) is 23.3. The second-order valence-electron chi connectivity index (χ2n) is 13.2. The zero-order valence-corrected chi connectivity index (χ0v) is 22.1. The molecule has 0 radical (unpaired) electrons. The summed E-state index contributed by atoms with van der Waals surface area (Å²) in [5, 5.41) is 0. The van der Waals surface area contributed by atoms with E-state index in [1.807, 2.05) is 5.57 Å². The van der Waals surface area contributed by atoms with E-state index in [4.69, 9.17) is 4.74 Å². The largest absolute Gasteiger partial charge is 0.463 e. The van der Waals surface area contributed by atoms with Crippen LogP contribution in [0.25, 0.3) is 0 Å². The number of allylic oxidation sites excluding steroid dienone is 2. The third kappa shape index (κ3) is 4.22. The van der Waals surface area contributed by atoms with Crippen LogP contribution < -0.4 is 0 Å². The molecule has 4 rings (SSSR count). The Morgan fingerprint density at radius 2 is 1.81 bits per heavy atom. The van der Waals surface area contributed by atoms with Crippen molar-refractivity contribution in [3.05, 3.63) is 11.6 Å². The summed E-state index contributed by atoms with van der Waals surface area (Å²) in [6.45, 7) is 16.6. The first-order chi connectivity index (χ1) is 15.1. The third-order valence-corrected chi connectivity index (χ3v) is 11.3. The van der Waals surface area contributed by atoms with E-state index in [9.17, 15) is 4.79 Å². The summed E-state index contributed by atoms with van der Waals surface area (Å²) in [5.41, 5.74) is 2.67. The zero-order valence-electron chi connectivity index (χ0n) is 22.1. The molecule has 2 heteroatoms. The average Bonchev–Trinajstić information content (AvgIpc) is 3.08. The summed E-state index contributed by atoms with van der Waals surface area (Å²) in [7, 11) is 0. The monoisotopic (exact) mass is 442 g/mol. The summed E-state index contributed by atoms with van der Waals surface area (Å²) in [5.74, 6) is 5.70. The van der Waals surface area contributed by atoms with E-state index in [0.29, 0.717) is 16.7 Å². The smallest absolute Gasteiger partial charge is 0.302 e. The second-order valence-corrected chi connectivity index (χ2v) is 13.2. The van der Waals surface area contributed by atoms with E-state index >= 15 is 0 Å². The van der Waals surface area contributed by atoms with Crippen LogP contribution in [-0.2, 0) is 9.53 Å². The molecule has 4 aliphatic rings. The van der Waals surface area contributed by atoms with Gasteiger partial charge in [-0.1, -0.05) is 66.0 Å². The number of rotatable bonds is 6. The molecular formula is C30H50O2. The Morgan fingerprint density at radius 1 is 1.06 bits per heavy atom. The molecule has 0 aromatic heterocycles. The Morgan fingerprint density at radius 3 is 2.50 bits per heavy atom. The molecule has 32 heavy (non-hydrogen) atoms. The van der Waals surface area contributed by atoms with Crippen LogP contribution in [0.1, 0.15) is 113 Å². The van der Waals surface area contributed by atoms with E-state index in [0.717, 1.165) is 48.3 Å². The van der Waals surface area contributed by atoms with Crippen LogP contribution in [0.3, 0.4) is 0 Å². The summed E-state index contributed by atoms with van der Waals surface area (Å²) in [4.78, 5) is 11.5. The standard InChI is InChI=1S/C30H50O2/c1-19(2)20(3)8-9-21(4)26-12-13-27-25-11-10-23-18-24(32-22(5)31)14-16-29(23,6)28(25)15-17-30(26,27)7/h15,19-21,23-27H,8-14,16-18H2,1-7H3/t20-,21+,23-,24-,25-,26+,27-,29-,30+/m0/s1. The van der Waals surface area contributed by atoms with Crippen molar-refractivity contribution in [1.29, 1.82) is 0 Å². The number of ether oxygens (including phenoxy) is 1. The molecule has 0 spiro atoms. The van der Waals surface area contributed by atoms with E-state index in [-0.39, 0.29) is 12.1 Å². The van der Waals surface area contributed by atoms with Gasteiger partial charge in [0, 0.05) is 6.92 Å². The third-order valence-electron chi connectivity index (χ3n) is 11.3. The van der Waals surface area contributed by atoms with Gasteiger partial charge >= 0.3 is 5.97 Å². The molecule has 9 atom stereocenters. The highest BCUT2D eigenvalue weighted by atomic mass is 16.5. The fraction of sp³-hybridized carbons (Fsp3) is 0.900. The molecule has 0 aliphatic heterocycles. The van der Waals surface area contributed by atoms with Crippen LogP contribution in [0.15, 0.2) is 11.6 Å². The van der Waals surface area contributed by atoms with Crippen LogP contribution >= 0.6 is 0 Å². The maximum absolute atomic E-state index is 11.5. The lowest BCUT2D eigenvalue weighted by molar-refractivity contribution is -0.151. The van der Waals surface area contributed by atoms with Crippen LogP contribution in [0.5, 0.6) is 0 Å². The topological polar surface area (TPSA) is 26.3 Å². The molecule has 0 aromatic rings. The van der Waals surface area contributed by atoms with E-state index in [1.165, 1.54) is 51.4 Å². The van der Waals surface area contributed by atoms with Gasteiger partial charge in [-0.25, -0.2) is 0 Å². The van der Waals surface area contributed by atoms with E-state index in [2.05, 4.69) is 47.6 Å². The Hall–Kier alpha value is -0.790. The first kappa shape index (κ1) is 24.3. The molecule has 3 saturated carbocycles. The molecule has 0 N–H and O–H groups in total. The highest BCUT2D eigenvalue weighted by molar-refractivity contribution is 5.66. The van der Waals surface area contributed by atoms with Crippen molar-refractivity contribution in [3.63, 3.8) is 0 Å². The molecule has 0 amide bonds. The lowest BCUT2D eigenvalue weighted by Crippen LogP contribution is -2.49. The maximum Gasteiger partial charge on any atom is 0.302 e. The van der Waals surface area contributed by atoms with Crippen molar-refractivity contribution in [2.45, 2.75) is 119 Å². The fourth-order valence-electron chi connectivity index (χ4n) is 8.86. The number of fused-ring (bicyclic) bond motifs is 5. The summed E-state index contributed by atoms with van der Waals surface area (Å²) in [6, 6.07) is 0. The van der Waals surface area contributed by atoms with Crippen molar-refractivity contribution >= 4 is 5.97 Å². The van der Waals surface area contributed by atoms with Gasteiger partial charge in [0.25, 0.3) is 0 Å². The molecule has 2 nitrogen and oxygen atoms in total. The molecule has 0 bridgehead atoms. The molecule has 0 heterocycles. The van der Waals surface area contributed by atoms with Crippen molar-refractivity contribution in [3.8, 4) is 0 Å². The first-order valence-corrected chi connectivity index (χ1v) is 13.9. The van der Waals surface area contributed by atoms with Gasteiger partial charge < -0.3 is 4.74 Å². The molecule has 0 aromatic carbocycles. The average molecular weight is 443 g/mol. The van der Waals surface area contributed by atoms with Crippen molar-refractivity contribution in [2.24, 2.45) is 52.3 Å². The van der Waals surface area contributed by atoms with Crippen LogP contribution in [-0.4, -0.2) is 12.1 Å². The predicted octanol–water partition coefficient (Wildman–Crippen LogP) is 8.21. The number of carbonyl (C=O) groups excluding carboxylic acids is 1. The van der Waals surface area contributed by atoms with Crippen LogP contribution in [0.4, 0.5) is 0 Å². The van der Waals surface area contributed by atoms with Gasteiger partial charge in [0.1, 0.15) is 6.10 Å². The second kappa shape index (κ2) is 9.10. The predicted molar refractivity (Wildman–Crippen MR) is 133 cm³/mol. The first-order valence-electron chi connectivity index (χ1n) is 13.9. The van der Waals surface area contributed by atoms with Gasteiger partial charge in [0.2, 0.25) is 0 Å². The Balaban J connectivity index is 1.48. The highest BCUT2D eigenvalue weighted by Crippen LogP contribution is 2.66.